The lowest BCUT2D eigenvalue weighted by Crippen LogP contribution is -2.35. The van der Waals surface area contributed by atoms with Crippen LogP contribution in [0.1, 0.15) is 10.9 Å². The predicted molar refractivity (Wildman–Crippen MR) is 57.9 cm³/mol. The van der Waals surface area contributed by atoms with E-state index in [0.717, 1.165) is 16.4 Å². The van der Waals surface area contributed by atoms with Crippen LogP contribution in [0.5, 0.6) is 0 Å². The Hall–Kier alpha value is -0.130. The van der Waals surface area contributed by atoms with Gasteiger partial charge in [0.2, 0.25) is 0 Å². The minimum absolute atomic E-state index is 0.113. The number of hydrogen-bond acceptors (Lipinski definition) is 4. The molecule has 0 spiro atoms. The highest BCUT2D eigenvalue weighted by Crippen LogP contribution is 2.28. The third-order valence-electron chi connectivity index (χ3n) is 1.71. The van der Waals surface area contributed by atoms with Crippen molar-refractivity contribution in [3.63, 3.8) is 0 Å². The summed E-state index contributed by atoms with van der Waals surface area (Å²) in [5, 5.41) is 2.76. The van der Waals surface area contributed by atoms with Crippen molar-refractivity contribution in [1.82, 2.24) is 10.3 Å². The zero-order chi connectivity index (χ0) is 9.84. The molecular formula is C8H14ClN3S. The molecule has 0 fully saturated rings. The lowest BCUT2D eigenvalue weighted by molar-refractivity contribution is 0.347. The van der Waals surface area contributed by atoms with Gasteiger partial charge in [-0.15, -0.1) is 11.3 Å². The summed E-state index contributed by atoms with van der Waals surface area (Å²) in [5.74, 6) is 5.45. The van der Waals surface area contributed by atoms with Gasteiger partial charge < -0.3 is 4.90 Å². The highest BCUT2D eigenvalue weighted by Gasteiger charge is 2.14. The molecule has 1 heterocycles. The first-order valence-electron chi connectivity index (χ1n) is 3.99. The number of rotatable bonds is 4. The van der Waals surface area contributed by atoms with E-state index < -0.39 is 0 Å². The molecule has 1 atom stereocenters. The van der Waals surface area contributed by atoms with Crippen LogP contribution in [-0.2, 0) is 0 Å². The number of nitrogens with two attached hydrogens (primary N) is 1. The summed E-state index contributed by atoms with van der Waals surface area (Å²) in [7, 11) is 4.01. The molecule has 1 unspecified atom stereocenters. The first kappa shape index (κ1) is 10.9. The molecule has 1 rings (SSSR count). The van der Waals surface area contributed by atoms with Crippen molar-refractivity contribution < 1.29 is 0 Å². The van der Waals surface area contributed by atoms with Gasteiger partial charge in [-0.1, -0.05) is 11.6 Å². The van der Waals surface area contributed by atoms with Crippen molar-refractivity contribution in [2.24, 2.45) is 5.84 Å². The minimum Gasteiger partial charge on any atom is -0.307 e. The van der Waals surface area contributed by atoms with E-state index in [1.54, 1.807) is 11.3 Å². The maximum Gasteiger partial charge on any atom is 0.0694 e. The summed E-state index contributed by atoms with van der Waals surface area (Å²) < 4.78 is 0. The molecule has 0 aromatic carbocycles. The second kappa shape index (κ2) is 4.93. The maximum absolute atomic E-state index is 5.99. The maximum atomic E-state index is 5.99. The van der Waals surface area contributed by atoms with Gasteiger partial charge in [-0.3, -0.25) is 11.3 Å². The van der Waals surface area contributed by atoms with Gasteiger partial charge in [0.15, 0.2) is 0 Å². The average molecular weight is 220 g/mol. The summed E-state index contributed by atoms with van der Waals surface area (Å²) in [6, 6.07) is 2.00. The van der Waals surface area contributed by atoms with E-state index in [2.05, 4.69) is 10.3 Å². The van der Waals surface area contributed by atoms with E-state index >= 15 is 0 Å². The smallest absolute Gasteiger partial charge is 0.0694 e. The van der Waals surface area contributed by atoms with Crippen molar-refractivity contribution in [3.05, 3.63) is 21.3 Å². The van der Waals surface area contributed by atoms with Gasteiger partial charge in [0.25, 0.3) is 0 Å². The van der Waals surface area contributed by atoms with Crippen molar-refractivity contribution in [3.8, 4) is 0 Å². The van der Waals surface area contributed by atoms with Crippen LogP contribution in [0, 0.1) is 0 Å². The molecule has 3 nitrogen and oxygen atoms in total. The molecule has 0 saturated heterocycles. The molecule has 0 bridgehead atoms. The Labute approximate surface area is 87.5 Å². The fourth-order valence-corrected chi connectivity index (χ4v) is 2.37. The van der Waals surface area contributed by atoms with E-state index in [9.17, 15) is 0 Å². The van der Waals surface area contributed by atoms with Gasteiger partial charge in [0.05, 0.1) is 11.1 Å². The average Bonchev–Trinajstić information content (AvgIpc) is 2.47. The van der Waals surface area contributed by atoms with Crippen LogP contribution in [0.15, 0.2) is 11.4 Å². The largest absolute Gasteiger partial charge is 0.307 e. The van der Waals surface area contributed by atoms with Gasteiger partial charge >= 0.3 is 0 Å². The van der Waals surface area contributed by atoms with Crippen LogP contribution in [0.4, 0.5) is 0 Å². The van der Waals surface area contributed by atoms with Crippen LogP contribution in [0.3, 0.4) is 0 Å². The SMILES string of the molecule is CN(C)CC(NN)c1sccc1Cl. The lowest BCUT2D eigenvalue weighted by atomic mass is 10.2. The molecule has 0 saturated carbocycles. The van der Waals surface area contributed by atoms with Crippen molar-refractivity contribution in [1.29, 1.82) is 0 Å². The zero-order valence-electron chi connectivity index (χ0n) is 7.75. The van der Waals surface area contributed by atoms with Gasteiger partial charge in [-0.2, -0.15) is 0 Å². The highest BCUT2D eigenvalue weighted by atomic mass is 35.5. The monoisotopic (exact) mass is 219 g/mol. The predicted octanol–water partition coefficient (Wildman–Crippen LogP) is 1.47. The van der Waals surface area contributed by atoms with Crippen molar-refractivity contribution in [2.45, 2.75) is 6.04 Å². The minimum atomic E-state index is 0.113. The first-order chi connectivity index (χ1) is 6.15. The summed E-state index contributed by atoms with van der Waals surface area (Å²) >= 11 is 7.62. The third kappa shape index (κ3) is 2.93. The molecule has 0 aliphatic heterocycles. The third-order valence-corrected chi connectivity index (χ3v) is 3.18. The van der Waals surface area contributed by atoms with E-state index in [1.807, 2.05) is 25.5 Å². The Kier molecular flexibility index (Phi) is 4.15. The Balaban J connectivity index is 2.72. The Morgan fingerprint density at radius 2 is 2.38 bits per heavy atom. The standard InChI is InChI=1S/C8H14ClN3S/c1-12(2)5-7(11-10)8-6(9)3-4-13-8/h3-4,7,11H,5,10H2,1-2H3. The van der Waals surface area contributed by atoms with E-state index in [1.165, 1.54) is 0 Å². The molecule has 5 heteroatoms. The second-order valence-electron chi connectivity index (χ2n) is 3.11. The van der Waals surface area contributed by atoms with Gasteiger partial charge in [0, 0.05) is 11.4 Å². The molecule has 0 aliphatic carbocycles. The molecule has 1 aromatic heterocycles. The van der Waals surface area contributed by atoms with Crippen LogP contribution in [0.2, 0.25) is 5.02 Å². The van der Waals surface area contributed by atoms with Crippen LogP contribution in [0.25, 0.3) is 0 Å². The van der Waals surface area contributed by atoms with Crippen molar-refractivity contribution in [2.75, 3.05) is 20.6 Å². The normalized spacial score (nSPS) is 13.6. The fourth-order valence-electron chi connectivity index (χ4n) is 1.13. The van der Waals surface area contributed by atoms with Gasteiger partial charge in [-0.05, 0) is 25.5 Å². The quantitative estimate of drug-likeness (QED) is 0.595. The van der Waals surface area contributed by atoms with E-state index in [-0.39, 0.29) is 6.04 Å². The molecule has 13 heavy (non-hydrogen) atoms. The summed E-state index contributed by atoms with van der Waals surface area (Å²) in [6.07, 6.45) is 0. The topological polar surface area (TPSA) is 41.3 Å². The summed E-state index contributed by atoms with van der Waals surface area (Å²) in [4.78, 5) is 3.17. The van der Waals surface area contributed by atoms with Crippen LogP contribution >= 0.6 is 22.9 Å². The Morgan fingerprint density at radius 3 is 2.77 bits per heavy atom. The van der Waals surface area contributed by atoms with Gasteiger partial charge in [0.1, 0.15) is 0 Å². The van der Waals surface area contributed by atoms with Crippen molar-refractivity contribution >= 4 is 22.9 Å². The zero-order valence-corrected chi connectivity index (χ0v) is 9.32. The number of likely N-dealkylation sites (N-methyl/N-ethyl adjacent to an activating group) is 1. The first-order valence-corrected chi connectivity index (χ1v) is 5.24. The Bertz CT molecular complexity index is 262. The van der Waals surface area contributed by atoms with E-state index in [4.69, 9.17) is 17.4 Å². The second-order valence-corrected chi connectivity index (χ2v) is 4.47. The molecule has 0 amide bonds. The molecule has 74 valence electrons. The van der Waals surface area contributed by atoms with Crippen LogP contribution < -0.4 is 11.3 Å². The fraction of sp³-hybridized carbons (Fsp3) is 0.500. The molecule has 0 aliphatic rings. The lowest BCUT2D eigenvalue weighted by Gasteiger charge is -2.19. The van der Waals surface area contributed by atoms with E-state index in [0.29, 0.717) is 0 Å². The Morgan fingerprint density at radius 1 is 1.69 bits per heavy atom. The molecule has 3 N–H and O–H groups in total. The number of nitrogens with zero attached hydrogens (tertiary/aromatic N) is 1. The number of hydrogen-bond donors (Lipinski definition) is 2. The number of halogens is 1. The summed E-state index contributed by atoms with van der Waals surface area (Å²) in [6.45, 7) is 0.844. The number of thiophene rings is 1. The number of nitrogens with one attached hydrogen (secondary N) is 1. The highest BCUT2D eigenvalue weighted by molar-refractivity contribution is 7.10. The molecule has 1 aromatic rings. The summed E-state index contributed by atoms with van der Waals surface area (Å²) in [5.41, 5.74) is 2.76. The van der Waals surface area contributed by atoms with Crippen LogP contribution in [-0.4, -0.2) is 25.5 Å². The molecular weight excluding hydrogens is 206 g/mol. The van der Waals surface area contributed by atoms with Gasteiger partial charge in [-0.25, -0.2) is 0 Å². The number of hydrazine groups is 1. The molecule has 0 radical (unpaired) electrons.